The summed E-state index contributed by atoms with van der Waals surface area (Å²) < 4.78 is 5.19. The molecule has 1 amide bonds. The van der Waals surface area contributed by atoms with Gasteiger partial charge in [0, 0.05) is 32.3 Å². The van der Waals surface area contributed by atoms with Gasteiger partial charge in [-0.05, 0) is 43.7 Å². The predicted molar refractivity (Wildman–Crippen MR) is 104 cm³/mol. The van der Waals surface area contributed by atoms with Gasteiger partial charge in [0.15, 0.2) is 5.60 Å². The number of hydrogen-bond acceptors (Lipinski definition) is 4. The molecular weight excluding hydrogens is 328 g/mol. The third kappa shape index (κ3) is 5.29. The van der Waals surface area contributed by atoms with Crippen LogP contribution in [0.3, 0.4) is 0 Å². The Hall–Kier alpha value is -1.43. The summed E-state index contributed by atoms with van der Waals surface area (Å²) in [6, 6.07) is 8.40. The highest BCUT2D eigenvalue weighted by Gasteiger charge is 2.42. The summed E-state index contributed by atoms with van der Waals surface area (Å²) >= 11 is 0. The molecule has 1 aliphatic rings. The fourth-order valence-corrected chi connectivity index (χ4v) is 3.41. The molecule has 5 nitrogen and oxygen atoms in total. The Morgan fingerprint density at radius 3 is 2.54 bits per heavy atom. The van der Waals surface area contributed by atoms with Crippen molar-refractivity contribution in [3.05, 3.63) is 35.4 Å². The maximum Gasteiger partial charge on any atom is 0.256 e. The molecule has 0 radical (unpaired) electrons. The summed E-state index contributed by atoms with van der Waals surface area (Å²) in [6.07, 6.45) is 1.30. The van der Waals surface area contributed by atoms with E-state index in [0.29, 0.717) is 32.0 Å². The number of carbonyl (C=O) groups excluding carboxylic acids is 1. The first-order chi connectivity index (χ1) is 12.2. The maximum absolute atomic E-state index is 12.9. The number of amides is 1. The number of nitrogens with zero attached hydrogens (tertiary/aromatic N) is 1. The van der Waals surface area contributed by atoms with Crippen LogP contribution in [0.4, 0.5) is 0 Å². The summed E-state index contributed by atoms with van der Waals surface area (Å²) in [6.45, 7) is 10.3. The highest BCUT2D eigenvalue weighted by Crippen LogP contribution is 2.25. The Morgan fingerprint density at radius 2 is 1.96 bits per heavy atom. The molecule has 146 valence electrons. The topological polar surface area (TPSA) is 61.8 Å². The fourth-order valence-electron chi connectivity index (χ4n) is 3.41. The molecule has 1 aliphatic heterocycles. The van der Waals surface area contributed by atoms with Gasteiger partial charge >= 0.3 is 0 Å². The third-order valence-electron chi connectivity index (χ3n) is 5.09. The highest BCUT2D eigenvalue weighted by atomic mass is 16.5. The van der Waals surface area contributed by atoms with Crippen molar-refractivity contribution in [1.29, 1.82) is 0 Å². The number of β-amino-alcohol motifs (C(OH)–C–C–N with tert-alkyl or cyclic N) is 1. The molecule has 1 fully saturated rings. The summed E-state index contributed by atoms with van der Waals surface area (Å²) in [5.74, 6) is 0.310. The molecule has 1 aromatic carbocycles. The number of aliphatic hydroxyl groups is 1. The van der Waals surface area contributed by atoms with Crippen LogP contribution in [-0.2, 0) is 16.1 Å². The minimum absolute atomic E-state index is 0.183. The normalized spacial score (nSPS) is 21.5. The summed E-state index contributed by atoms with van der Waals surface area (Å²) in [5, 5.41) is 14.2. The Balaban J connectivity index is 2.01. The first-order valence-electron chi connectivity index (χ1n) is 9.51. The smallest absolute Gasteiger partial charge is 0.256 e. The average molecular weight is 363 g/mol. The molecule has 1 aromatic rings. The number of rotatable bonds is 8. The van der Waals surface area contributed by atoms with E-state index in [-0.39, 0.29) is 18.0 Å². The minimum atomic E-state index is -1.35. The molecule has 26 heavy (non-hydrogen) atoms. The fraction of sp³-hybridized carbons (Fsp3) is 0.667. The summed E-state index contributed by atoms with van der Waals surface area (Å²) in [7, 11) is 1.65. The molecule has 2 rings (SSSR count). The molecule has 0 saturated carbocycles. The Kier molecular flexibility index (Phi) is 6.83. The molecule has 0 aromatic heterocycles. The molecule has 1 heterocycles. The number of benzene rings is 1. The number of carbonyl (C=O) groups is 1. The Labute approximate surface area is 157 Å². The zero-order valence-electron chi connectivity index (χ0n) is 16.8. The van der Waals surface area contributed by atoms with Crippen molar-refractivity contribution in [3.8, 4) is 0 Å². The lowest BCUT2D eigenvalue weighted by Gasteiger charge is -2.40. The summed E-state index contributed by atoms with van der Waals surface area (Å²) in [5.41, 5.74) is 0.750. The van der Waals surface area contributed by atoms with Gasteiger partial charge in [-0.3, -0.25) is 4.79 Å². The zero-order chi connectivity index (χ0) is 19.4. The van der Waals surface area contributed by atoms with Gasteiger partial charge in [-0.15, -0.1) is 0 Å². The second-order valence-corrected chi connectivity index (χ2v) is 8.43. The van der Waals surface area contributed by atoms with Crippen LogP contribution in [-0.4, -0.2) is 53.9 Å². The largest absolute Gasteiger partial charge is 0.383 e. The van der Waals surface area contributed by atoms with Gasteiger partial charge < -0.3 is 20.1 Å². The van der Waals surface area contributed by atoms with Crippen LogP contribution in [0.2, 0.25) is 0 Å². The molecule has 0 bridgehead atoms. The molecule has 0 unspecified atom stereocenters. The van der Waals surface area contributed by atoms with Crippen molar-refractivity contribution in [3.63, 3.8) is 0 Å². The molecule has 0 aliphatic carbocycles. The van der Waals surface area contributed by atoms with Gasteiger partial charge in [0.1, 0.15) is 0 Å². The number of piperidine rings is 1. The Morgan fingerprint density at radius 1 is 1.31 bits per heavy atom. The van der Waals surface area contributed by atoms with Crippen molar-refractivity contribution >= 4 is 5.91 Å². The van der Waals surface area contributed by atoms with E-state index in [4.69, 9.17) is 4.74 Å². The predicted octanol–water partition coefficient (Wildman–Crippen LogP) is 2.68. The molecule has 5 heteroatoms. The van der Waals surface area contributed by atoms with Crippen LogP contribution in [0.5, 0.6) is 0 Å². The first-order valence-corrected chi connectivity index (χ1v) is 9.51. The number of likely N-dealkylation sites (tertiary alicyclic amines) is 1. The second-order valence-electron chi connectivity index (χ2n) is 8.43. The SMILES string of the molecule is COCC(C)(C)NC[C@]1(O)CCCN(Cc2ccc(C(C)C)cc2)C1=O. The van der Waals surface area contributed by atoms with Crippen molar-refractivity contribution in [2.24, 2.45) is 0 Å². The molecular formula is C21H34N2O3. The van der Waals surface area contributed by atoms with Gasteiger partial charge in [0.2, 0.25) is 0 Å². The number of methoxy groups -OCH3 is 1. The van der Waals surface area contributed by atoms with Gasteiger partial charge in [-0.2, -0.15) is 0 Å². The van der Waals surface area contributed by atoms with Crippen LogP contribution in [0, 0.1) is 0 Å². The maximum atomic E-state index is 12.9. The van der Waals surface area contributed by atoms with E-state index >= 15 is 0 Å². The molecule has 0 spiro atoms. The van der Waals surface area contributed by atoms with E-state index in [2.05, 4.69) is 43.4 Å². The molecule has 2 N–H and O–H groups in total. The lowest BCUT2D eigenvalue weighted by atomic mass is 9.90. The van der Waals surface area contributed by atoms with E-state index in [1.165, 1.54) is 5.56 Å². The second kappa shape index (κ2) is 8.51. The lowest BCUT2D eigenvalue weighted by Crippen LogP contribution is -2.60. The zero-order valence-corrected chi connectivity index (χ0v) is 16.8. The molecule has 1 saturated heterocycles. The van der Waals surface area contributed by atoms with Gasteiger partial charge in [0.05, 0.1) is 6.61 Å². The number of ether oxygens (including phenoxy) is 1. The van der Waals surface area contributed by atoms with Gasteiger partial charge in [0.25, 0.3) is 5.91 Å². The van der Waals surface area contributed by atoms with Crippen LogP contribution < -0.4 is 5.32 Å². The van der Waals surface area contributed by atoms with E-state index in [1.807, 2.05) is 13.8 Å². The van der Waals surface area contributed by atoms with Crippen molar-refractivity contribution in [2.75, 3.05) is 26.8 Å². The van der Waals surface area contributed by atoms with E-state index in [1.54, 1.807) is 12.0 Å². The lowest BCUT2D eigenvalue weighted by molar-refractivity contribution is -0.157. The number of hydrogen-bond donors (Lipinski definition) is 2. The monoisotopic (exact) mass is 362 g/mol. The van der Waals surface area contributed by atoms with Gasteiger partial charge in [-0.25, -0.2) is 0 Å². The summed E-state index contributed by atoms with van der Waals surface area (Å²) in [4.78, 5) is 14.7. The highest BCUT2D eigenvalue weighted by molar-refractivity contribution is 5.86. The van der Waals surface area contributed by atoms with E-state index in [0.717, 1.165) is 12.0 Å². The van der Waals surface area contributed by atoms with E-state index in [9.17, 15) is 9.90 Å². The van der Waals surface area contributed by atoms with Crippen molar-refractivity contribution in [1.82, 2.24) is 10.2 Å². The first kappa shape index (κ1) is 20.9. The van der Waals surface area contributed by atoms with Crippen LogP contribution in [0.25, 0.3) is 0 Å². The van der Waals surface area contributed by atoms with Crippen LogP contribution >= 0.6 is 0 Å². The Bertz CT molecular complexity index is 598. The van der Waals surface area contributed by atoms with Crippen LogP contribution in [0.15, 0.2) is 24.3 Å². The van der Waals surface area contributed by atoms with Gasteiger partial charge in [-0.1, -0.05) is 38.1 Å². The van der Waals surface area contributed by atoms with E-state index < -0.39 is 5.60 Å². The average Bonchev–Trinajstić information content (AvgIpc) is 2.58. The number of nitrogens with one attached hydrogen (secondary N) is 1. The van der Waals surface area contributed by atoms with Crippen LogP contribution in [0.1, 0.15) is 57.6 Å². The quantitative estimate of drug-likeness (QED) is 0.746. The van der Waals surface area contributed by atoms with Crippen molar-refractivity contribution in [2.45, 2.75) is 64.1 Å². The molecule has 1 atom stereocenters. The minimum Gasteiger partial charge on any atom is -0.383 e. The standard InChI is InChI=1S/C21H34N2O3/c1-16(2)18-9-7-17(8-10-18)13-23-12-6-11-21(25,19(23)24)14-22-20(3,4)15-26-5/h7-10,16,22,25H,6,11-15H2,1-5H3/t21-/m1/s1. The third-order valence-corrected chi connectivity index (χ3v) is 5.09. The van der Waals surface area contributed by atoms with Crippen molar-refractivity contribution < 1.29 is 14.6 Å².